The van der Waals surface area contributed by atoms with Gasteiger partial charge in [-0.05, 0) is 18.6 Å². The summed E-state index contributed by atoms with van der Waals surface area (Å²) in [5, 5.41) is 0. The Morgan fingerprint density at radius 2 is 1.88 bits per heavy atom. The zero-order valence-electron chi connectivity index (χ0n) is 9.56. The molecular weight excluding hydrogens is 263 g/mol. The van der Waals surface area contributed by atoms with Gasteiger partial charge in [-0.1, -0.05) is 19.1 Å². The van der Waals surface area contributed by atoms with Gasteiger partial charge in [0.2, 0.25) is 0 Å². The fourth-order valence-electron chi connectivity index (χ4n) is 1.36. The molecular formula is C11H15FO3S2. The van der Waals surface area contributed by atoms with Crippen LogP contribution in [0.1, 0.15) is 13.3 Å². The van der Waals surface area contributed by atoms with Gasteiger partial charge >= 0.3 is 0 Å². The number of rotatable bonds is 6. The van der Waals surface area contributed by atoms with Crippen LogP contribution in [0, 0.1) is 5.82 Å². The molecule has 1 atom stereocenters. The molecule has 1 aromatic rings. The zero-order chi connectivity index (χ0) is 12.9. The second-order valence-corrected chi connectivity index (χ2v) is 7.47. The Balaban J connectivity index is 2.66. The molecule has 6 heteroatoms. The molecule has 0 spiro atoms. The topological polar surface area (TPSA) is 51.2 Å². The molecule has 1 rings (SSSR count). The maximum absolute atomic E-state index is 13.3. The molecule has 96 valence electrons. The third-order valence-electron chi connectivity index (χ3n) is 2.18. The zero-order valence-corrected chi connectivity index (χ0v) is 11.2. The Hall–Kier alpha value is -0.750. The second-order valence-electron chi connectivity index (χ2n) is 3.63. The molecule has 0 bridgehead atoms. The van der Waals surface area contributed by atoms with E-state index in [2.05, 4.69) is 0 Å². The predicted octanol–water partition coefficient (Wildman–Crippen LogP) is 1.76. The Morgan fingerprint density at radius 1 is 1.24 bits per heavy atom. The molecule has 0 radical (unpaired) electrons. The fourth-order valence-corrected chi connectivity index (χ4v) is 4.54. The molecule has 0 N–H and O–H groups in total. The summed E-state index contributed by atoms with van der Waals surface area (Å²) in [6, 6.07) is 5.71. The van der Waals surface area contributed by atoms with E-state index in [4.69, 9.17) is 0 Å². The average Bonchev–Trinajstić information content (AvgIpc) is 2.27. The average molecular weight is 278 g/mol. The van der Waals surface area contributed by atoms with Gasteiger partial charge in [-0.25, -0.2) is 12.8 Å². The van der Waals surface area contributed by atoms with Crippen molar-refractivity contribution >= 4 is 20.6 Å². The van der Waals surface area contributed by atoms with Crippen molar-refractivity contribution in [3.8, 4) is 0 Å². The Morgan fingerprint density at radius 3 is 2.47 bits per heavy atom. The van der Waals surface area contributed by atoms with Crippen LogP contribution >= 0.6 is 0 Å². The summed E-state index contributed by atoms with van der Waals surface area (Å²) >= 11 is 0. The van der Waals surface area contributed by atoms with Crippen LogP contribution in [0.3, 0.4) is 0 Å². The first-order valence-corrected chi connectivity index (χ1v) is 8.43. The highest BCUT2D eigenvalue weighted by Gasteiger charge is 2.14. The van der Waals surface area contributed by atoms with Crippen molar-refractivity contribution < 1.29 is 17.0 Å². The molecule has 0 aliphatic rings. The summed E-state index contributed by atoms with van der Waals surface area (Å²) in [7, 11) is -4.76. The first-order chi connectivity index (χ1) is 7.96. The fraction of sp³-hybridized carbons (Fsp3) is 0.455. The predicted molar refractivity (Wildman–Crippen MR) is 66.6 cm³/mol. The molecule has 1 aromatic carbocycles. The number of halogens is 1. The quantitative estimate of drug-likeness (QED) is 0.796. The Kier molecular flexibility index (Phi) is 5.27. The van der Waals surface area contributed by atoms with E-state index in [1.807, 2.05) is 0 Å². The van der Waals surface area contributed by atoms with Crippen LogP contribution in [0.25, 0.3) is 0 Å². The van der Waals surface area contributed by atoms with Gasteiger partial charge in [-0.2, -0.15) is 0 Å². The first kappa shape index (κ1) is 14.3. The lowest BCUT2D eigenvalue weighted by atomic mass is 10.3. The molecule has 0 fully saturated rings. The van der Waals surface area contributed by atoms with Crippen LogP contribution in [0.4, 0.5) is 4.39 Å². The van der Waals surface area contributed by atoms with Gasteiger partial charge in [0.15, 0.2) is 9.84 Å². The van der Waals surface area contributed by atoms with E-state index in [1.54, 1.807) is 13.0 Å². The van der Waals surface area contributed by atoms with Crippen molar-refractivity contribution in [2.24, 2.45) is 0 Å². The standard InChI is InChI=1S/C11H15FO3S2/c1-2-8-17(14,15)9-7-16(13)11-6-4-3-5-10(11)12/h3-6H,2,7-9H2,1H3. The van der Waals surface area contributed by atoms with Crippen molar-refractivity contribution in [1.82, 2.24) is 0 Å². The highest BCUT2D eigenvalue weighted by molar-refractivity contribution is 7.93. The van der Waals surface area contributed by atoms with Crippen LogP contribution in [-0.4, -0.2) is 29.9 Å². The number of hydrogen-bond donors (Lipinski definition) is 0. The van der Waals surface area contributed by atoms with E-state index in [9.17, 15) is 17.0 Å². The minimum absolute atomic E-state index is 0.0523. The Bertz CT molecular complexity index is 497. The molecule has 0 heterocycles. The van der Waals surface area contributed by atoms with E-state index >= 15 is 0 Å². The molecule has 17 heavy (non-hydrogen) atoms. The van der Waals surface area contributed by atoms with Gasteiger partial charge < -0.3 is 0 Å². The van der Waals surface area contributed by atoms with Gasteiger partial charge in [0.1, 0.15) is 5.82 Å². The van der Waals surface area contributed by atoms with Gasteiger partial charge in [0, 0.05) is 11.5 Å². The lowest BCUT2D eigenvalue weighted by Crippen LogP contribution is -2.16. The third-order valence-corrected chi connectivity index (χ3v) is 5.69. The number of sulfone groups is 1. The highest BCUT2D eigenvalue weighted by atomic mass is 32.2. The largest absolute Gasteiger partial charge is 0.254 e. The SMILES string of the molecule is CCCS(=O)(=O)CCS(=O)c1ccccc1F. The molecule has 3 nitrogen and oxygen atoms in total. The molecule has 0 amide bonds. The summed E-state index contributed by atoms with van der Waals surface area (Å²) in [5.74, 6) is -0.689. The maximum atomic E-state index is 13.3. The minimum Gasteiger partial charge on any atom is -0.254 e. The monoisotopic (exact) mass is 278 g/mol. The van der Waals surface area contributed by atoms with Crippen LogP contribution in [0.5, 0.6) is 0 Å². The highest BCUT2D eigenvalue weighted by Crippen LogP contribution is 2.12. The lowest BCUT2D eigenvalue weighted by molar-refractivity contribution is 0.591. The van der Waals surface area contributed by atoms with Crippen molar-refractivity contribution in [3.05, 3.63) is 30.1 Å². The normalized spacial score (nSPS) is 13.5. The minimum atomic E-state index is -3.16. The van der Waals surface area contributed by atoms with Crippen LogP contribution < -0.4 is 0 Å². The second kappa shape index (κ2) is 6.26. The lowest BCUT2D eigenvalue weighted by Gasteiger charge is -2.04. The maximum Gasteiger partial charge on any atom is 0.151 e. The summed E-state index contributed by atoms with van der Waals surface area (Å²) in [6.45, 7) is 1.77. The van der Waals surface area contributed by atoms with Gasteiger partial charge in [0.05, 0.1) is 21.4 Å². The van der Waals surface area contributed by atoms with Crippen LogP contribution in [-0.2, 0) is 20.6 Å². The van der Waals surface area contributed by atoms with E-state index in [0.717, 1.165) is 0 Å². The van der Waals surface area contributed by atoms with Gasteiger partial charge in [0.25, 0.3) is 0 Å². The first-order valence-electron chi connectivity index (χ1n) is 5.29. The summed E-state index contributed by atoms with van der Waals surface area (Å²) in [5.41, 5.74) is 0. The van der Waals surface area contributed by atoms with Crippen molar-refractivity contribution in [3.63, 3.8) is 0 Å². The van der Waals surface area contributed by atoms with Crippen LogP contribution in [0.15, 0.2) is 29.2 Å². The van der Waals surface area contributed by atoms with Gasteiger partial charge in [-0.3, -0.25) is 4.21 Å². The molecule has 1 unspecified atom stereocenters. The van der Waals surface area contributed by atoms with Crippen molar-refractivity contribution in [1.29, 1.82) is 0 Å². The molecule has 0 aliphatic carbocycles. The third kappa shape index (κ3) is 4.55. The number of benzene rings is 1. The van der Waals surface area contributed by atoms with E-state index in [0.29, 0.717) is 6.42 Å². The van der Waals surface area contributed by atoms with E-state index in [-0.39, 0.29) is 22.2 Å². The van der Waals surface area contributed by atoms with E-state index in [1.165, 1.54) is 18.2 Å². The molecule has 0 saturated heterocycles. The summed E-state index contributed by atoms with van der Waals surface area (Å²) in [6.07, 6.45) is 0.536. The van der Waals surface area contributed by atoms with Gasteiger partial charge in [-0.15, -0.1) is 0 Å². The molecule has 0 aromatic heterocycles. The smallest absolute Gasteiger partial charge is 0.151 e. The molecule has 0 aliphatic heterocycles. The summed E-state index contributed by atoms with van der Waals surface area (Å²) < 4.78 is 47.8. The Labute approximate surface area is 103 Å². The number of hydrogen-bond acceptors (Lipinski definition) is 3. The summed E-state index contributed by atoms with van der Waals surface area (Å²) in [4.78, 5) is 0.0687. The van der Waals surface area contributed by atoms with E-state index < -0.39 is 26.5 Å². The van der Waals surface area contributed by atoms with Crippen LogP contribution in [0.2, 0.25) is 0 Å². The van der Waals surface area contributed by atoms with Crippen molar-refractivity contribution in [2.75, 3.05) is 17.3 Å². The van der Waals surface area contributed by atoms with Crippen molar-refractivity contribution in [2.45, 2.75) is 18.2 Å². The molecule has 0 saturated carbocycles.